The molecule has 0 radical (unpaired) electrons. The minimum atomic E-state index is -0.292. The molecule has 114 valence electrons. The van der Waals surface area contributed by atoms with Crippen LogP contribution in [0.15, 0.2) is 24.3 Å². The molecular weight excluding hydrogens is 284 g/mol. The Balaban J connectivity index is 1.93. The van der Waals surface area contributed by atoms with E-state index in [0.717, 1.165) is 23.9 Å². The Labute approximate surface area is 131 Å². The number of carbonyl (C=O) groups is 1. The molecule has 0 aromatic heterocycles. The minimum absolute atomic E-state index is 0.292. The fourth-order valence-electron chi connectivity index (χ4n) is 2.38. The summed E-state index contributed by atoms with van der Waals surface area (Å²) in [5.74, 6) is -0.292. The summed E-state index contributed by atoms with van der Waals surface area (Å²) in [7, 11) is 0. The van der Waals surface area contributed by atoms with Crippen molar-refractivity contribution in [3.63, 3.8) is 0 Å². The zero-order valence-corrected chi connectivity index (χ0v) is 13.2. The maximum absolute atomic E-state index is 11.6. The lowest BCUT2D eigenvalue weighted by Gasteiger charge is -2.24. The van der Waals surface area contributed by atoms with Crippen LogP contribution >= 0.6 is 12.2 Å². The maximum Gasteiger partial charge on any atom is 0.338 e. The summed E-state index contributed by atoms with van der Waals surface area (Å²) in [5, 5.41) is 4.01. The largest absolute Gasteiger partial charge is 0.462 e. The van der Waals surface area contributed by atoms with Gasteiger partial charge >= 0.3 is 5.97 Å². The molecule has 0 amide bonds. The summed E-state index contributed by atoms with van der Waals surface area (Å²) in [5.41, 5.74) is 1.46. The fraction of sp³-hybridized carbons (Fsp3) is 0.500. The topological polar surface area (TPSA) is 41.6 Å². The van der Waals surface area contributed by atoms with Crippen LogP contribution in [0.25, 0.3) is 0 Å². The number of hydrogen-bond acceptors (Lipinski definition) is 3. The third-order valence-electron chi connectivity index (χ3n) is 3.54. The first-order valence-corrected chi connectivity index (χ1v) is 7.94. The van der Waals surface area contributed by atoms with E-state index >= 15 is 0 Å². The summed E-state index contributed by atoms with van der Waals surface area (Å²) in [6.07, 6.45) is 4.97. The third-order valence-corrected chi connectivity index (χ3v) is 3.90. The Hall–Kier alpha value is -1.62. The third kappa shape index (κ3) is 4.70. The van der Waals surface area contributed by atoms with E-state index in [4.69, 9.17) is 17.0 Å². The van der Waals surface area contributed by atoms with E-state index < -0.39 is 0 Å². The smallest absolute Gasteiger partial charge is 0.338 e. The second-order valence-corrected chi connectivity index (χ2v) is 5.52. The number of anilines is 1. The van der Waals surface area contributed by atoms with Crippen LogP contribution in [0.3, 0.4) is 0 Å². The molecule has 0 saturated carbocycles. The Morgan fingerprint density at radius 1 is 1.19 bits per heavy atom. The molecule has 1 heterocycles. The maximum atomic E-state index is 11.6. The highest BCUT2D eigenvalue weighted by molar-refractivity contribution is 7.80. The van der Waals surface area contributed by atoms with Gasteiger partial charge in [-0.2, -0.15) is 0 Å². The Morgan fingerprint density at radius 2 is 1.81 bits per heavy atom. The van der Waals surface area contributed by atoms with Gasteiger partial charge in [0, 0.05) is 18.8 Å². The Kier molecular flexibility index (Phi) is 5.99. The molecule has 0 spiro atoms. The van der Waals surface area contributed by atoms with Crippen molar-refractivity contribution < 1.29 is 9.53 Å². The number of nitrogens with zero attached hydrogens (tertiary/aromatic N) is 1. The predicted molar refractivity (Wildman–Crippen MR) is 88.7 cm³/mol. The van der Waals surface area contributed by atoms with Crippen molar-refractivity contribution in [3.8, 4) is 0 Å². The first kappa shape index (κ1) is 15.8. The van der Waals surface area contributed by atoms with Crippen molar-refractivity contribution in [3.05, 3.63) is 29.8 Å². The molecule has 2 rings (SSSR count). The fourth-order valence-corrected chi connectivity index (χ4v) is 2.68. The molecule has 0 atom stereocenters. The zero-order valence-electron chi connectivity index (χ0n) is 12.4. The first-order valence-electron chi connectivity index (χ1n) is 7.54. The van der Waals surface area contributed by atoms with Gasteiger partial charge < -0.3 is 15.0 Å². The number of thiocarbonyl (C=S) groups is 1. The first-order chi connectivity index (χ1) is 10.2. The quantitative estimate of drug-likeness (QED) is 0.684. The second-order valence-electron chi connectivity index (χ2n) is 5.13. The van der Waals surface area contributed by atoms with Gasteiger partial charge in [-0.25, -0.2) is 4.79 Å². The van der Waals surface area contributed by atoms with Crippen molar-refractivity contribution in [1.29, 1.82) is 0 Å². The molecule has 1 aromatic carbocycles. The number of hydrogen-bond donors (Lipinski definition) is 1. The van der Waals surface area contributed by atoms with Crippen LogP contribution in [0.4, 0.5) is 5.69 Å². The average molecular weight is 306 g/mol. The van der Waals surface area contributed by atoms with E-state index in [1.54, 1.807) is 19.1 Å². The number of benzene rings is 1. The molecular formula is C16H22N2O2S. The van der Waals surface area contributed by atoms with E-state index in [0.29, 0.717) is 12.2 Å². The van der Waals surface area contributed by atoms with Crippen LogP contribution in [0.2, 0.25) is 0 Å². The van der Waals surface area contributed by atoms with E-state index in [-0.39, 0.29) is 5.97 Å². The highest BCUT2D eigenvalue weighted by Crippen LogP contribution is 2.14. The lowest BCUT2D eigenvalue weighted by atomic mass is 10.2. The van der Waals surface area contributed by atoms with E-state index in [9.17, 15) is 4.79 Å². The van der Waals surface area contributed by atoms with Gasteiger partial charge in [0.1, 0.15) is 0 Å². The monoisotopic (exact) mass is 306 g/mol. The normalized spacial score (nSPS) is 15.2. The molecule has 1 N–H and O–H groups in total. The van der Waals surface area contributed by atoms with Gasteiger partial charge in [0.05, 0.1) is 12.2 Å². The number of nitrogens with one attached hydrogen (secondary N) is 1. The van der Waals surface area contributed by atoms with Crippen molar-refractivity contribution in [1.82, 2.24) is 4.90 Å². The van der Waals surface area contributed by atoms with Gasteiger partial charge in [-0.3, -0.25) is 0 Å². The molecule has 1 aliphatic rings. The Bertz CT molecular complexity index is 480. The molecule has 1 fully saturated rings. The van der Waals surface area contributed by atoms with Gasteiger partial charge in [-0.15, -0.1) is 0 Å². The lowest BCUT2D eigenvalue weighted by molar-refractivity contribution is 0.0526. The molecule has 4 nitrogen and oxygen atoms in total. The van der Waals surface area contributed by atoms with E-state index in [2.05, 4.69) is 10.2 Å². The molecule has 5 heteroatoms. The summed E-state index contributed by atoms with van der Waals surface area (Å²) in [6.45, 7) is 4.23. The van der Waals surface area contributed by atoms with Gasteiger partial charge in [0.2, 0.25) is 0 Å². The van der Waals surface area contributed by atoms with Gasteiger partial charge in [0.25, 0.3) is 0 Å². The standard InChI is InChI=1S/C16H22N2O2S/c1-2-20-15(19)13-7-9-14(10-8-13)17-16(21)18-11-5-3-4-6-12-18/h7-10H,2-6,11-12H2,1H3,(H,17,21). The van der Waals surface area contributed by atoms with E-state index in [1.807, 2.05) is 12.1 Å². The zero-order chi connectivity index (χ0) is 15.1. The summed E-state index contributed by atoms with van der Waals surface area (Å²) >= 11 is 5.47. The van der Waals surface area contributed by atoms with Gasteiger partial charge in [-0.05, 0) is 56.2 Å². The molecule has 1 aromatic rings. The molecule has 1 aliphatic heterocycles. The number of carbonyl (C=O) groups excluding carboxylic acids is 1. The van der Waals surface area contributed by atoms with Crippen molar-refractivity contribution in [2.24, 2.45) is 0 Å². The molecule has 0 bridgehead atoms. The summed E-state index contributed by atoms with van der Waals surface area (Å²) in [6, 6.07) is 7.23. The van der Waals surface area contributed by atoms with Crippen LogP contribution < -0.4 is 5.32 Å². The summed E-state index contributed by atoms with van der Waals surface area (Å²) < 4.78 is 4.96. The highest BCUT2D eigenvalue weighted by atomic mass is 32.1. The number of ether oxygens (including phenoxy) is 1. The molecule has 0 unspecified atom stereocenters. The molecule has 21 heavy (non-hydrogen) atoms. The average Bonchev–Trinajstić information content (AvgIpc) is 2.77. The number of esters is 1. The van der Waals surface area contributed by atoms with Crippen LogP contribution in [0.5, 0.6) is 0 Å². The number of rotatable bonds is 3. The van der Waals surface area contributed by atoms with E-state index in [1.165, 1.54) is 25.7 Å². The predicted octanol–water partition coefficient (Wildman–Crippen LogP) is 3.44. The molecule has 0 aliphatic carbocycles. The van der Waals surface area contributed by atoms with Crippen molar-refractivity contribution in [2.45, 2.75) is 32.6 Å². The minimum Gasteiger partial charge on any atom is -0.462 e. The second kappa shape index (κ2) is 7.98. The lowest BCUT2D eigenvalue weighted by Crippen LogP contribution is -2.35. The van der Waals surface area contributed by atoms with Crippen LogP contribution in [-0.2, 0) is 4.74 Å². The highest BCUT2D eigenvalue weighted by Gasteiger charge is 2.12. The van der Waals surface area contributed by atoms with Crippen LogP contribution in [-0.4, -0.2) is 35.7 Å². The Morgan fingerprint density at radius 3 is 2.38 bits per heavy atom. The van der Waals surface area contributed by atoms with Crippen LogP contribution in [0.1, 0.15) is 43.0 Å². The van der Waals surface area contributed by atoms with Crippen molar-refractivity contribution in [2.75, 3.05) is 25.0 Å². The van der Waals surface area contributed by atoms with Crippen LogP contribution in [0, 0.1) is 0 Å². The van der Waals surface area contributed by atoms with Crippen molar-refractivity contribution >= 4 is 29.0 Å². The van der Waals surface area contributed by atoms with Gasteiger partial charge in [0.15, 0.2) is 5.11 Å². The summed E-state index contributed by atoms with van der Waals surface area (Å²) in [4.78, 5) is 13.8. The SMILES string of the molecule is CCOC(=O)c1ccc(NC(=S)N2CCCCCC2)cc1. The van der Waals surface area contributed by atoms with Gasteiger partial charge in [-0.1, -0.05) is 12.8 Å². The molecule has 1 saturated heterocycles. The number of likely N-dealkylation sites (tertiary alicyclic amines) is 1.